The van der Waals surface area contributed by atoms with Gasteiger partial charge in [0.25, 0.3) is 0 Å². The molecule has 0 atom stereocenters. The van der Waals surface area contributed by atoms with Crippen molar-refractivity contribution in [2.45, 2.75) is 6.54 Å². The summed E-state index contributed by atoms with van der Waals surface area (Å²) in [5, 5.41) is 10.8. The summed E-state index contributed by atoms with van der Waals surface area (Å²) < 4.78 is 29.7. The number of nitrogens with zero attached hydrogens (tertiary/aromatic N) is 6. The topological polar surface area (TPSA) is 110 Å². The van der Waals surface area contributed by atoms with Crippen molar-refractivity contribution in [1.29, 1.82) is 0 Å². The average Bonchev–Trinajstić information content (AvgIpc) is 3.42. The summed E-state index contributed by atoms with van der Waals surface area (Å²) in [5.41, 5.74) is 4.40. The highest BCUT2D eigenvalue weighted by atomic mass is 16.5. The number of benzene rings is 2. The Kier molecular flexibility index (Phi) is 7.77. The number of anilines is 4. The lowest BCUT2D eigenvalue weighted by Gasteiger charge is -2.31. The van der Waals surface area contributed by atoms with Gasteiger partial charge in [0.05, 0.1) is 45.8 Å². The predicted octanol–water partition coefficient (Wildman–Crippen LogP) is 4.10. The summed E-state index contributed by atoms with van der Waals surface area (Å²) in [6, 6.07) is 13.2. The summed E-state index contributed by atoms with van der Waals surface area (Å²) in [4.78, 5) is 25.3. The number of hydrogen-bond acceptors (Lipinski definition) is 9. The third kappa shape index (κ3) is 6.53. The van der Waals surface area contributed by atoms with E-state index in [0.717, 1.165) is 22.5 Å². The molecule has 1 fully saturated rings. The molecule has 212 valence electrons. The van der Waals surface area contributed by atoms with Gasteiger partial charge in [-0.2, -0.15) is 10.1 Å². The minimum absolute atomic E-state index is 0.0698. The lowest BCUT2D eigenvalue weighted by molar-refractivity contribution is -0.111. The SMILES string of the molecule is [2H]c1nc(Nc2cc(NC(=O)C=C)c(N3CCOCC3)cc2OC)nc(-n2cc(CN(C)C)c(-c3ccccc3)n2)c1[2H]. The van der Waals surface area contributed by atoms with Gasteiger partial charge in [0.2, 0.25) is 11.9 Å². The van der Waals surface area contributed by atoms with Crippen molar-refractivity contribution in [3.05, 3.63) is 79.1 Å². The van der Waals surface area contributed by atoms with Crippen LogP contribution in [0.5, 0.6) is 5.75 Å². The molecular formula is C30H34N8O3. The molecule has 41 heavy (non-hydrogen) atoms. The van der Waals surface area contributed by atoms with Crippen LogP contribution in [0.15, 0.2) is 73.5 Å². The van der Waals surface area contributed by atoms with Gasteiger partial charge in [-0.05, 0) is 26.2 Å². The fraction of sp³-hybridized carbons (Fsp3) is 0.267. The molecule has 1 amide bonds. The normalized spacial score (nSPS) is 13.9. The molecule has 3 heterocycles. The second-order valence-corrected chi connectivity index (χ2v) is 9.65. The molecule has 1 aliphatic heterocycles. The zero-order valence-electron chi connectivity index (χ0n) is 25.3. The molecule has 0 aliphatic carbocycles. The van der Waals surface area contributed by atoms with E-state index < -0.39 is 0 Å². The van der Waals surface area contributed by atoms with E-state index in [4.69, 9.17) is 17.3 Å². The third-order valence-corrected chi connectivity index (χ3v) is 6.44. The summed E-state index contributed by atoms with van der Waals surface area (Å²) in [6.07, 6.45) is 2.75. The number of aromatic nitrogens is 4. The van der Waals surface area contributed by atoms with Gasteiger partial charge >= 0.3 is 0 Å². The summed E-state index contributed by atoms with van der Waals surface area (Å²) >= 11 is 0. The number of methoxy groups -OCH3 is 1. The number of carbonyl (C=O) groups excluding carboxylic acids is 1. The summed E-state index contributed by atoms with van der Waals surface area (Å²) in [7, 11) is 5.49. The van der Waals surface area contributed by atoms with E-state index >= 15 is 0 Å². The number of amides is 1. The van der Waals surface area contributed by atoms with Gasteiger partial charge < -0.3 is 29.9 Å². The Morgan fingerprint density at radius 1 is 1.22 bits per heavy atom. The van der Waals surface area contributed by atoms with Crippen LogP contribution in [0.2, 0.25) is 0 Å². The molecule has 11 heteroatoms. The first-order valence-corrected chi connectivity index (χ1v) is 13.2. The molecule has 0 unspecified atom stereocenters. The van der Waals surface area contributed by atoms with E-state index in [1.54, 1.807) is 13.2 Å². The van der Waals surface area contributed by atoms with Gasteiger partial charge in [-0.15, -0.1) is 0 Å². The minimum Gasteiger partial charge on any atom is -0.494 e. The molecule has 0 spiro atoms. The van der Waals surface area contributed by atoms with Crippen LogP contribution in [0.1, 0.15) is 8.30 Å². The smallest absolute Gasteiger partial charge is 0.247 e. The maximum atomic E-state index is 12.3. The quantitative estimate of drug-likeness (QED) is 0.279. The molecule has 1 saturated heterocycles. The van der Waals surface area contributed by atoms with Crippen molar-refractivity contribution in [2.24, 2.45) is 0 Å². The van der Waals surface area contributed by atoms with E-state index in [9.17, 15) is 4.79 Å². The fourth-order valence-electron chi connectivity index (χ4n) is 4.57. The first-order valence-electron chi connectivity index (χ1n) is 14.2. The number of nitrogens with one attached hydrogen (secondary N) is 2. The molecule has 5 rings (SSSR count). The van der Waals surface area contributed by atoms with Crippen LogP contribution in [0, 0.1) is 0 Å². The van der Waals surface area contributed by atoms with E-state index in [1.165, 1.54) is 10.8 Å². The van der Waals surface area contributed by atoms with E-state index in [-0.39, 0.29) is 29.9 Å². The van der Waals surface area contributed by atoms with Crippen molar-refractivity contribution < 1.29 is 17.0 Å². The van der Waals surface area contributed by atoms with Crippen molar-refractivity contribution in [3.8, 4) is 22.8 Å². The highest BCUT2D eigenvalue weighted by Crippen LogP contribution is 2.38. The average molecular weight is 557 g/mol. The van der Waals surface area contributed by atoms with Crippen LogP contribution in [0.4, 0.5) is 23.0 Å². The van der Waals surface area contributed by atoms with Gasteiger partial charge in [0.15, 0.2) is 5.82 Å². The second kappa shape index (κ2) is 12.6. The maximum absolute atomic E-state index is 12.3. The molecule has 4 aromatic rings. The van der Waals surface area contributed by atoms with E-state index in [1.807, 2.05) is 61.6 Å². The van der Waals surface area contributed by atoms with Gasteiger partial charge in [0.1, 0.15) is 5.75 Å². The summed E-state index contributed by atoms with van der Waals surface area (Å²) in [6.45, 7) is 6.61. The molecule has 2 N–H and O–H groups in total. The first kappa shape index (κ1) is 25.2. The molecule has 2 aromatic heterocycles. The van der Waals surface area contributed by atoms with Crippen LogP contribution in [-0.4, -0.2) is 78.1 Å². The molecule has 0 saturated carbocycles. The van der Waals surface area contributed by atoms with Crippen molar-refractivity contribution in [1.82, 2.24) is 24.6 Å². The highest BCUT2D eigenvalue weighted by Gasteiger charge is 2.20. The Balaban J connectivity index is 1.55. The van der Waals surface area contributed by atoms with Crippen molar-refractivity contribution >= 4 is 28.9 Å². The van der Waals surface area contributed by atoms with E-state index in [2.05, 4.69) is 32.1 Å². The number of ether oxygens (including phenoxy) is 2. The van der Waals surface area contributed by atoms with Crippen molar-refractivity contribution in [3.63, 3.8) is 0 Å². The third-order valence-electron chi connectivity index (χ3n) is 6.44. The van der Waals surface area contributed by atoms with Crippen LogP contribution in [0.3, 0.4) is 0 Å². The van der Waals surface area contributed by atoms with Gasteiger partial charge in [0, 0.05) is 55.2 Å². The lowest BCUT2D eigenvalue weighted by atomic mass is 10.1. The maximum Gasteiger partial charge on any atom is 0.247 e. The number of hydrogen-bond donors (Lipinski definition) is 2. The standard InChI is InChI=1S/C30H34N8O3/c1-5-28(39)32-23-17-24(26(40-4)18-25(23)37-13-15-41-16-14-37)33-30-31-12-11-27(34-30)38-20-22(19-36(2)3)29(35-38)21-9-7-6-8-10-21/h5-12,17-18,20H,1,13-16,19H2,2-4H3,(H,32,39)(H,31,33,34)/i11D,12D. The van der Waals surface area contributed by atoms with Crippen LogP contribution < -0.4 is 20.3 Å². The van der Waals surface area contributed by atoms with Gasteiger partial charge in [-0.3, -0.25) is 4.79 Å². The molecule has 2 aromatic carbocycles. The van der Waals surface area contributed by atoms with Gasteiger partial charge in [-0.25, -0.2) is 9.67 Å². The number of morpholine rings is 1. The monoisotopic (exact) mass is 556 g/mol. The molecule has 0 radical (unpaired) electrons. The van der Waals surface area contributed by atoms with E-state index in [0.29, 0.717) is 50.0 Å². The zero-order valence-corrected chi connectivity index (χ0v) is 23.3. The van der Waals surface area contributed by atoms with Crippen LogP contribution in [0.25, 0.3) is 17.1 Å². The Labute approximate surface area is 242 Å². The Bertz CT molecular complexity index is 1620. The zero-order chi connectivity index (χ0) is 30.5. The van der Waals surface area contributed by atoms with Crippen LogP contribution >= 0.6 is 0 Å². The molecular weight excluding hydrogens is 520 g/mol. The van der Waals surface area contributed by atoms with Crippen LogP contribution in [-0.2, 0) is 16.1 Å². The highest BCUT2D eigenvalue weighted by molar-refractivity contribution is 6.02. The molecule has 11 nitrogen and oxygen atoms in total. The largest absolute Gasteiger partial charge is 0.494 e. The first-order chi connectivity index (χ1) is 20.8. The Hall–Kier alpha value is -4.74. The lowest BCUT2D eigenvalue weighted by Crippen LogP contribution is -2.36. The molecule has 1 aliphatic rings. The Morgan fingerprint density at radius 2 is 2.00 bits per heavy atom. The Morgan fingerprint density at radius 3 is 2.71 bits per heavy atom. The van der Waals surface area contributed by atoms with Gasteiger partial charge in [-0.1, -0.05) is 36.9 Å². The van der Waals surface area contributed by atoms with Crippen molar-refractivity contribution in [2.75, 3.05) is 63.0 Å². The predicted molar refractivity (Wildman–Crippen MR) is 160 cm³/mol. The molecule has 0 bridgehead atoms. The number of rotatable bonds is 10. The summed E-state index contributed by atoms with van der Waals surface area (Å²) in [5.74, 6) is 0.329. The second-order valence-electron chi connectivity index (χ2n) is 9.65. The minimum atomic E-state index is -0.363. The fourth-order valence-corrected chi connectivity index (χ4v) is 4.57. The number of carbonyl (C=O) groups is 1.